The van der Waals surface area contributed by atoms with Gasteiger partial charge in [-0.3, -0.25) is 0 Å². The van der Waals surface area contributed by atoms with Gasteiger partial charge in [0.25, 0.3) is 0 Å². The molecule has 0 aliphatic heterocycles. The van der Waals surface area contributed by atoms with E-state index in [-0.39, 0.29) is 15.6 Å². The highest BCUT2D eigenvalue weighted by Crippen LogP contribution is 2.46. The van der Waals surface area contributed by atoms with Crippen LogP contribution in [0.2, 0.25) is 0 Å². The van der Waals surface area contributed by atoms with Crippen LogP contribution in [0.25, 0.3) is 0 Å². The highest BCUT2D eigenvalue weighted by Gasteiger charge is 2.57. The zero-order valence-corrected chi connectivity index (χ0v) is 12.6. The van der Waals surface area contributed by atoms with Crippen LogP contribution in [0.5, 0.6) is 5.75 Å². The first-order valence-electron chi connectivity index (χ1n) is 5.99. The van der Waals surface area contributed by atoms with Crippen molar-refractivity contribution in [1.29, 1.82) is 0 Å². The molecule has 0 amide bonds. The Morgan fingerprint density at radius 3 is 2.05 bits per heavy atom. The molecule has 0 aliphatic carbocycles. The Hall–Kier alpha value is -1.53. The number of ether oxygens (including phenoxy) is 1. The minimum absolute atomic E-state index is 0.181. The van der Waals surface area contributed by atoms with E-state index < -0.39 is 11.8 Å². The van der Waals surface area contributed by atoms with E-state index in [1.165, 1.54) is 49.6 Å². The number of halogens is 4. The summed E-state index contributed by atoms with van der Waals surface area (Å²) in [6.45, 7) is 0. The average molecular weight is 361 g/mol. The fraction of sp³-hybridized carbons (Fsp3) is 0.200. The van der Waals surface area contributed by atoms with Crippen LogP contribution in [0.4, 0.5) is 13.2 Å². The lowest BCUT2D eigenvalue weighted by Crippen LogP contribution is -2.43. The molecule has 0 heterocycles. The molecule has 21 heavy (non-hydrogen) atoms. The number of benzene rings is 2. The molecule has 0 spiro atoms. The normalized spacial score (nSPS) is 14.6. The molecule has 0 radical (unpaired) electrons. The van der Waals surface area contributed by atoms with E-state index in [4.69, 9.17) is 4.74 Å². The fourth-order valence-electron chi connectivity index (χ4n) is 2.06. The van der Waals surface area contributed by atoms with Crippen LogP contribution in [0, 0.1) is 0 Å². The van der Waals surface area contributed by atoms with Crippen LogP contribution in [-0.2, 0) is 5.60 Å². The fourth-order valence-corrected chi connectivity index (χ4v) is 2.63. The molecule has 1 N–H and O–H groups in total. The maximum atomic E-state index is 13.5. The first-order valence-corrected chi connectivity index (χ1v) is 6.78. The lowest BCUT2D eigenvalue weighted by Gasteiger charge is -2.32. The summed E-state index contributed by atoms with van der Waals surface area (Å²) in [5, 5.41) is 10.4. The quantitative estimate of drug-likeness (QED) is 0.886. The van der Waals surface area contributed by atoms with Crippen molar-refractivity contribution in [3.05, 3.63) is 64.1 Å². The predicted octanol–water partition coefficient (Wildman–Crippen LogP) is 4.26. The molecule has 0 bridgehead atoms. The van der Waals surface area contributed by atoms with Crippen molar-refractivity contribution < 1.29 is 23.0 Å². The van der Waals surface area contributed by atoms with Crippen LogP contribution in [0.1, 0.15) is 11.1 Å². The van der Waals surface area contributed by atoms with Crippen molar-refractivity contribution in [2.45, 2.75) is 11.8 Å². The minimum atomic E-state index is -4.87. The molecule has 6 heteroatoms. The highest BCUT2D eigenvalue weighted by atomic mass is 79.9. The summed E-state index contributed by atoms with van der Waals surface area (Å²) in [5.74, 6) is 0.412. The molecular weight excluding hydrogens is 349 g/mol. The Balaban J connectivity index is 2.65. The third-order valence-electron chi connectivity index (χ3n) is 3.18. The van der Waals surface area contributed by atoms with Crippen LogP contribution in [0.15, 0.2) is 53.0 Å². The first-order chi connectivity index (χ1) is 9.80. The SMILES string of the molecule is COc1ccc(C(O)(c2ccccc2Br)C(F)(F)F)cc1. The van der Waals surface area contributed by atoms with E-state index >= 15 is 0 Å². The van der Waals surface area contributed by atoms with Crippen LogP contribution in [0.3, 0.4) is 0 Å². The van der Waals surface area contributed by atoms with Gasteiger partial charge < -0.3 is 9.84 Å². The molecule has 1 unspecified atom stereocenters. The number of hydrogen-bond acceptors (Lipinski definition) is 2. The van der Waals surface area contributed by atoms with Crippen molar-refractivity contribution in [1.82, 2.24) is 0 Å². The van der Waals surface area contributed by atoms with Crippen molar-refractivity contribution in [3.8, 4) is 5.75 Å². The summed E-state index contributed by atoms with van der Waals surface area (Å²) in [5.41, 5.74) is -3.63. The van der Waals surface area contributed by atoms with Gasteiger partial charge in [-0.15, -0.1) is 0 Å². The Morgan fingerprint density at radius 2 is 1.57 bits per heavy atom. The van der Waals surface area contributed by atoms with Gasteiger partial charge in [-0.25, -0.2) is 0 Å². The number of alkyl halides is 3. The van der Waals surface area contributed by atoms with Crippen molar-refractivity contribution >= 4 is 15.9 Å². The molecule has 112 valence electrons. The van der Waals surface area contributed by atoms with Gasteiger partial charge in [-0.1, -0.05) is 46.3 Å². The second-order valence-corrected chi connectivity index (χ2v) is 5.27. The molecule has 0 saturated carbocycles. The van der Waals surface area contributed by atoms with Gasteiger partial charge in [-0.05, 0) is 23.8 Å². The first kappa shape index (κ1) is 15.9. The number of aliphatic hydroxyl groups is 1. The van der Waals surface area contributed by atoms with Crippen molar-refractivity contribution in [3.63, 3.8) is 0 Å². The third kappa shape index (κ3) is 2.78. The van der Waals surface area contributed by atoms with Gasteiger partial charge in [0.1, 0.15) is 5.75 Å². The van der Waals surface area contributed by atoms with Crippen molar-refractivity contribution in [2.75, 3.05) is 7.11 Å². The van der Waals surface area contributed by atoms with E-state index in [2.05, 4.69) is 15.9 Å². The van der Waals surface area contributed by atoms with Gasteiger partial charge in [0.15, 0.2) is 0 Å². The number of methoxy groups -OCH3 is 1. The van der Waals surface area contributed by atoms with Gasteiger partial charge >= 0.3 is 6.18 Å². The van der Waals surface area contributed by atoms with Gasteiger partial charge in [0.05, 0.1) is 7.11 Å². The topological polar surface area (TPSA) is 29.5 Å². The van der Waals surface area contributed by atoms with Gasteiger partial charge in [-0.2, -0.15) is 13.2 Å². The van der Waals surface area contributed by atoms with Crippen LogP contribution >= 0.6 is 15.9 Å². The zero-order valence-electron chi connectivity index (χ0n) is 11.0. The molecular formula is C15H12BrF3O2. The van der Waals surface area contributed by atoms with E-state index in [1.54, 1.807) is 6.07 Å². The molecule has 2 aromatic carbocycles. The maximum Gasteiger partial charge on any atom is 0.425 e. The number of rotatable bonds is 3. The molecule has 0 saturated heterocycles. The monoisotopic (exact) mass is 360 g/mol. The van der Waals surface area contributed by atoms with Crippen LogP contribution in [-0.4, -0.2) is 18.4 Å². The molecule has 0 aliphatic rings. The summed E-state index contributed by atoms with van der Waals surface area (Å²) in [7, 11) is 1.42. The van der Waals surface area contributed by atoms with E-state index in [1.807, 2.05) is 0 Å². The lowest BCUT2D eigenvalue weighted by atomic mass is 9.85. The summed E-state index contributed by atoms with van der Waals surface area (Å²) < 4.78 is 45.7. The second kappa shape index (κ2) is 5.69. The summed E-state index contributed by atoms with van der Waals surface area (Å²) >= 11 is 3.07. The predicted molar refractivity (Wildman–Crippen MR) is 76.2 cm³/mol. The van der Waals surface area contributed by atoms with Gasteiger partial charge in [0, 0.05) is 10.0 Å². The standard InChI is InChI=1S/C15H12BrF3O2/c1-21-11-8-6-10(7-9-11)14(20,15(17,18)19)12-4-2-3-5-13(12)16/h2-9,20H,1H3. The molecule has 2 rings (SSSR count). The van der Waals surface area contributed by atoms with Crippen molar-refractivity contribution in [2.24, 2.45) is 0 Å². The minimum Gasteiger partial charge on any atom is -0.497 e. The second-order valence-electron chi connectivity index (χ2n) is 4.42. The highest BCUT2D eigenvalue weighted by molar-refractivity contribution is 9.10. The molecule has 2 aromatic rings. The van der Waals surface area contributed by atoms with Gasteiger partial charge in [0.2, 0.25) is 5.60 Å². The molecule has 0 aromatic heterocycles. The smallest absolute Gasteiger partial charge is 0.425 e. The van der Waals surface area contributed by atoms with E-state index in [0.29, 0.717) is 5.75 Å². The average Bonchev–Trinajstić information content (AvgIpc) is 2.46. The summed E-state index contributed by atoms with van der Waals surface area (Å²) in [6.07, 6.45) is -4.87. The molecule has 1 atom stereocenters. The molecule has 2 nitrogen and oxygen atoms in total. The van der Waals surface area contributed by atoms with Crippen LogP contribution < -0.4 is 4.74 Å². The van der Waals surface area contributed by atoms with E-state index in [0.717, 1.165) is 0 Å². The zero-order chi connectivity index (χ0) is 15.7. The summed E-state index contributed by atoms with van der Waals surface area (Å²) in [4.78, 5) is 0. The lowest BCUT2D eigenvalue weighted by molar-refractivity contribution is -0.248. The molecule has 0 fully saturated rings. The Morgan fingerprint density at radius 1 is 1.00 bits per heavy atom. The largest absolute Gasteiger partial charge is 0.497 e. The Kier molecular flexibility index (Phi) is 4.30. The Bertz CT molecular complexity index is 626. The van der Waals surface area contributed by atoms with E-state index in [9.17, 15) is 18.3 Å². The third-order valence-corrected chi connectivity index (χ3v) is 3.87. The maximum absolute atomic E-state index is 13.5. The Labute approximate surface area is 128 Å². The number of hydrogen-bond donors (Lipinski definition) is 1. The summed E-state index contributed by atoms with van der Waals surface area (Å²) in [6, 6.07) is 10.9.